The van der Waals surface area contributed by atoms with Gasteiger partial charge in [0.2, 0.25) is 11.8 Å². The zero-order valence-corrected chi connectivity index (χ0v) is 11.3. The standard InChI is InChI=1S/C10H13N5O6/c1-20-7(16)4-11-9-6(15(18)19)3-12-10(14-9)13-5-8(17)21-2/h3H,4-5H2,1-2H3,(H2,11,12,13,14). The highest BCUT2D eigenvalue weighted by Gasteiger charge is 2.18. The van der Waals surface area contributed by atoms with Gasteiger partial charge in [-0.2, -0.15) is 4.98 Å². The number of ether oxygens (including phenoxy) is 2. The van der Waals surface area contributed by atoms with Gasteiger partial charge in [0.15, 0.2) is 0 Å². The average molecular weight is 299 g/mol. The lowest BCUT2D eigenvalue weighted by atomic mass is 10.4. The number of esters is 2. The minimum absolute atomic E-state index is 0.0293. The number of carbonyl (C=O) groups is 2. The van der Waals surface area contributed by atoms with Crippen LogP contribution >= 0.6 is 0 Å². The Kier molecular flexibility index (Phi) is 5.80. The Hall–Kier alpha value is -2.98. The number of nitrogens with one attached hydrogen (secondary N) is 2. The molecule has 0 aromatic carbocycles. The van der Waals surface area contributed by atoms with Crippen molar-refractivity contribution in [2.24, 2.45) is 0 Å². The molecule has 0 aliphatic rings. The summed E-state index contributed by atoms with van der Waals surface area (Å²) in [6.45, 7) is -0.504. The van der Waals surface area contributed by atoms with E-state index in [1.165, 1.54) is 14.2 Å². The average Bonchev–Trinajstić information content (AvgIpc) is 2.49. The fourth-order valence-corrected chi connectivity index (χ4v) is 1.18. The molecule has 0 saturated heterocycles. The summed E-state index contributed by atoms with van der Waals surface area (Å²) in [6, 6.07) is 0. The highest BCUT2D eigenvalue weighted by Crippen LogP contribution is 2.21. The van der Waals surface area contributed by atoms with Gasteiger partial charge in [0.1, 0.15) is 19.3 Å². The van der Waals surface area contributed by atoms with Gasteiger partial charge in [0.05, 0.1) is 19.1 Å². The molecule has 0 amide bonds. The summed E-state index contributed by atoms with van der Waals surface area (Å²) in [4.78, 5) is 39.6. The number of carbonyl (C=O) groups excluding carboxylic acids is 2. The Bertz CT molecular complexity index is 549. The van der Waals surface area contributed by atoms with Crippen LogP contribution in [0.4, 0.5) is 17.5 Å². The zero-order valence-electron chi connectivity index (χ0n) is 11.3. The Balaban J connectivity index is 2.87. The first-order valence-corrected chi connectivity index (χ1v) is 5.60. The molecule has 0 spiro atoms. The highest BCUT2D eigenvalue weighted by atomic mass is 16.6. The van der Waals surface area contributed by atoms with Gasteiger partial charge in [-0.05, 0) is 0 Å². The van der Waals surface area contributed by atoms with Crippen molar-refractivity contribution in [3.63, 3.8) is 0 Å². The monoisotopic (exact) mass is 299 g/mol. The number of anilines is 2. The molecule has 0 bridgehead atoms. The predicted octanol–water partition coefficient (Wildman–Crippen LogP) is -0.445. The molecule has 1 rings (SSSR count). The minimum atomic E-state index is -0.705. The van der Waals surface area contributed by atoms with E-state index in [0.717, 1.165) is 6.20 Å². The number of hydrogen-bond acceptors (Lipinski definition) is 10. The summed E-state index contributed by atoms with van der Waals surface area (Å²) < 4.78 is 8.82. The van der Waals surface area contributed by atoms with E-state index in [-0.39, 0.29) is 24.9 Å². The van der Waals surface area contributed by atoms with Gasteiger partial charge in [-0.25, -0.2) is 4.98 Å². The summed E-state index contributed by atoms with van der Waals surface area (Å²) in [5.41, 5.74) is -0.414. The van der Waals surface area contributed by atoms with Crippen LogP contribution in [-0.4, -0.2) is 54.1 Å². The number of hydrogen-bond donors (Lipinski definition) is 2. The normalized spacial score (nSPS) is 9.62. The van der Waals surface area contributed by atoms with Gasteiger partial charge in [0.25, 0.3) is 0 Å². The summed E-state index contributed by atoms with van der Waals surface area (Å²) in [7, 11) is 2.39. The molecule has 0 saturated carbocycles. The number of rotatable bonds is 7. The molecule has 0 fully saturated rings. The Morgan fingerprint density at radius 2 is 1.81 bits per heavy atom. The van der Waals surface area contributed by atoms with E-state index < -0.39 is 22.5 Å². The summed E-state index contributed by atoms with van der Waals surface area (Å²) in [5, 5.41) is 15.8. The molecular weight excluding hydrogens is 286 g/mol. The Morgan fingerprint density at radius 3 is 2.33 bits per heavy atom. The van der Waals surface area contributed by atoms with Gasteiger partial charge >= 0.3 is 17.6 Å². The molecule has 2 N–H and O–H groups in total. The lowest BCUT2D eigenvalue weighted by Crippen LogP contribution is -2.19. The van der Waals surface area contributed by atoms with Crippen molar-refractivity contribution in [2.75, 3.05) is 37.9 Å². The van der Waals surface area contributed by atoms with Crippen molar-refractivity contribution >= 4 is 29.4 Å². The van der Waals surface area contributed by atoms with Crippen molar-refractivity contribution in [1.29, 1.82) is 0 Å². The SMILES string of the molecule is COC(=O)CNc1ncc([N+](=O)[O-])c(NCC(=O)OC)n1. The van der Waals surface area contributed by atoms with E-state index in [2.05, 4.69) is 30.1 Å². The van der Waals surface area contributed by atoms with Gasteiger partial charge in [0, 0.05) is 0 Å². The lowest BCUT2D eigenvalue weighted by Gasteiger charge is -2.07. The van der Waals surface area contributed by atoms with E-state index in [0.29, 0.717) is 0 Å². The quantitative estimate of drug-likeness (QED) is 0.385. The number of nitrogens with zero attached hydrogens (tertiary/aromatic N) is 3. The molecule has 11 heteroatoms. The molecule has 1 aromatic heterocycles. The van der Waals surface area contributed by atoms with Gasteiger partial charge < -0.3 is 20.1 Å². The van der Waals surface area contributed by atoms with Crippen LogP contribution in [-0.2, 0) is 19.1 Å². The number of methoxy groups -OCH3 is 2. The highest BCUT2D eigenvalue weighted by molar-refractivity contribution is 5.76. The Morgan fingerprint density at radius 1 is 1.24 bits per heavy atom. The fraction of sp³-hybridized carbons (Fsp3) is 0.400. The maximum absolute atomic E-state index is 11.0. The molecule has 0 radical (unpaired) electrons. The van der Waals surface area contributed by atoms with E-state index in [1.54, 1.807) is 0 Å². The number of nitro groups is 1. The topological polar surface area (TPSA) is 146 Å². The van der Waals surface area contributed by atoms with Crippen LogP contribution in [0.15, 0.2) is 6.20 Å². The Labute approximate surface area is 118 Å². The minimum Gasteiger partial charge on any atom is -0.468 e. The van der Waals surface area contributed by atoms with Crippen LogP contribution in [0.25, 0.3) is 0 Å². The smallest absolute Gasteiger partial charge is 0.329 e. The van der Waals surface area contributed by atoms with Crippen LogP contribution in [0, 0.1) is 10.1 Å². The molecule has 0 aliphatic carbocycles. The first kappa shape index (κ1) is 16.1. The zero-order chi connectivity index (χ0) is 15.8. The second kappa shape index (κ2) is 7.57. The second-order valence-corrected chi connectivity index (χ2v) is 3.54. The summed E-state index contributed by atoms with van der Waals surface area (Å²) >= 11 is 0. The van der Waals surface area contributed by atoms with Crippen LogP contribution in [0.5, 0.6) is 0 Å². The third kappa shape index (κ3) is 4.89. The van der Waals surface area contributed by atoms with Gasteiger partial charge in [-0.1, -0.05) is 0 Å². The van der Waals surface area contributed by atoms with Crippen molar-refractivity contribution in [1.82, 2.24) is 9.97 Å². The molecule has 114 valence electrons. The molecule has 1 heterocycles. The largest absolute Gasteiger partial charge is 0.468 e. The van der Waals surface area contributed by atoms with Crippen LogP contribution in [0.2, 0.25) is 0 Å². The molecule has 0 aliphatic heterocycles. The molecule has 21 heavy (non-hydrogen) atoms. The summed E-state index contributed by atoms with van der Waals surface area (Å²) in [6.07, 6.45) is 0.951. The molecular formula is C10H13N5O6. The van der Waals surface area contributed by atoms with E-state index in [4.69, 9.17) is 0 Å². The predicted molar refractivity (Wildman–Crippen MR) is 69.7 cm³/mol. The third-order valence-electron chi connectivity index (χ3n) is 2.21. The molecule has 0 unspecified atom stereocenters. The molecule has 11 nitrogen and oxygen atoms in total. The summed E-state index contributed by atoms with van der Waals surface area (Å²) in [5.74, 6) is -1.38. The molecule has 0 atom stereocenters. The van der Waals surface area contributed by atoms with Gasteiger partial charge in [-0.15, -0.1) is 0 Å². The van der Waals surface area contributed by atoms with Crippen LogP contribution in [0.3, 0.4) is 0 Å². The van der Waals surface area contributed by atoms with Crippen LogP contribution in [0.1, 0.15) is 0 Å². The fourth-order valence-electron chi connectivity index (χ4n) is 1.18. The van der Waals surface area contributed by atoms with Crippen molar-refractivity contribution in [3.8, 4) is 0 Å². The van der Waals surface area contributed by atoms with E-state index in [1.807, 2.05) is 0 Å². The second-order valence-electron chi connectivity index (χ2n) is 3.54. The van der Waals surface area contributed by atoms with Gasteiger partial charge in [-0.3, -0.25) is 19.7 Å². The maximum atomic E-state index is 11.0. The van der Waals surface area contributed by atoms with E-state index >= 15 is 0 Å². The first-order chi connectivity index (χ1) is 9.97. The number of aromatic nitrogens is 2. The maximum Gasteiger partial charge on any atom is 0.329 e. The van der Waals surface area contributed by atoms with Crippen LogP contribution < -0.4 is 10.6 Å². The third-order valence-corrected chi connectivity index (χ3v) is 2.21. The lowest BCUT2D eigenvalue weighted by molar-refractivity contribution is -0.384. The first-order valence-electron chi connectivity index (χ1n) is 5.60. The van der Waals surface area contributed by atoms with E-state index in [9.17, 15) is 19.7 Å². The molecule has 1 aromatic rings. The van der Waals surface area contributed by atoms with Crippen molar-refractivity contribution < 1.29 is 24.0 Å². The van der Waals surface area contributed by atoms with Crippen molar-refractivity contribution in [2.45, 2.75) is 0 Å². The van der Waals surface area contributed by atoms with Crippen molar-refractivity contribution in [3.05, 3.63) is 16.3 Å².